The highest BCUT2D eigenvalue weighted by Crippen LogP contribution is 2.25. The van der Waals surface area contributed by atoms with E-state index in [1.165, 1.54) is 12.1 Å². The van der Waals surface area contributed by atoms with E-state index in [1.54, 1.807) is 36.5 Å². The summed E-state index contributed by atoms with van der Waals surface area (Å²) in [7, 11) is 2.18. The second kappa shape index (κ2) is 11.3. The molecule has 1 fully saturated rings. The Morgan fingerprint density at radius 3 is 2.36 bits per heavy atom. The molecule has 0 spiro atoms. The molecule has 0 atom stereocenters. The van der Waals surface area contributed by atoms with E-state index in [4.69, 9.17) is 9.47 Å². The molecule has 1 amide bonds. The van der Waals surface area contributed by atoms with Gasteiger partial charge in [-0.15, -0.1) is 0 Å². The lowest BCUT2D eigenvalue weighted by Gasteiger charge is -2.37. The first kappa shape index (κ1) is 24.8. The number of likely N-dealkylation sites (N-methyl/N-ethyl adjacent to an activating group) is 1. The molecule has 3 aromatic rings. The van der Waals surface area contributed by atoms with E-state index in [1.807, 2.05) is 12.1 Å². The van der Waals surface area contributed by atoms with Crippen LogP contribution in [-0.2, 0) is 4.74 Å². The predicted octanol–water partition coefficient (Wildman–Crippen LogP) is 0.286. The maximum Gasteiger partial charge on any atom is 0.289 e. The molecule has 0 unspecified atom stereocenters. The number of nitrogens with zero attached hydrogens (tertiary/aromatic N) is 3. The third-order valence-corrected chi connectivity index (χ3v) is 5.55. The Morgan fingerprint density at radius 2 is 1.70 bits per heavy atom. The maximum atomic E-state index is 13.0. The highest BCUT2D eigenvalue weighted by Gasteiger charge is 2.25. The van der Waals surface area contributed by atoms with Crippen molar-refractivity contribution in [3.63, 3.8) is 0 Å². The van der Waals surface area contributed by atoms with Crippen LogP contribution in [0.1, 0.15) is 10.6 Å². The molecule has 1 aromatic heterocycles. The van der Waals surface area contributed by atoms with Gasteiger partial charge in [0.25, 0.3) is 5.91 Å². The molecule has 1 saturated heterocycles. The molecule has 4 rings (SSSR count). The van der Waals surface area contributed by atoms with Crippen molar-refractivity contribution >= 4 is 5.91 Å². The predicted molar refractivity (Wildman–Crippen MR) is 118 cm³/mol. The number of nitrogens with one attached hydrogen (secondary N) is 1. The fraction of sp³-hybridized carbons (Fsp3) is 0.292. The van der Waals surface area contributed by atoms with Crippen molar-refractivity contribution in [2.75, 3.05) is 46.4 Å². The van der Waals surface area contributed by atoms with Crippen molar-refractivity contribution in [2.45, 2.75) is 0 Å². The number of carbonyl (C=O) groups excluding carboxylic acids is 1. The monoisotopic (exact) mass is 516 g/mol. The van der Waals surface area contributed by atoms with Crippen molar-refractivity contribution in [2.24, 2.45) is 0 Å². The molecule has 1 N–H and O–H groups in total. The highest BCUT2D eigenvalue weighted by atomic mass is 79.9. The second-order valence-electron chi connectivity index (χ2n) is 8.00. The quantitative estimate of drug-likeness (QED) is 0.457. The van der Waals surface area contributed by atoms with E-state index < -0.39 is 0 Å². The molecule has 1 aliphatic heterocycles. The topological polar surface area (TPSA) is 73.3 Å². The molecular weight excluding hydrogens is 491 g/mol. The number of hydrogen-bond acceptors (Lipinski definition) is 5. The molecule has 174 valence electrons. The summed E-state index contributed by atoms with van der Waals surface area (Å²) in [5.74, 6) is 0.704. The van der Waals surface area contributed by atoms with Gasteiger partial charge in [-0.25, -0.2) is 14.4 Å². The van der Waals surface area contributed by atoms with E-state index >= 15 is 0 Å². The number of amides is 1. The van der Waals surface area contributed by atoms with Gasteiger partial charge in [0.1, 0.15) is 30.4 Å². The molecule has 0 bridgehead atoms. The van der Waals surface area contributed by atoms with Crippen LogP contribution in [0.5, 0.6) is 11.5 Å². The number of quaternary nitrogens is 1. The van der Waals surface area contributed by atoms with Crippen molar-refractivity contribution in [1.82, 2.24) is 15.3 Å². The van der Waals surface area contributed by atoms with Crippen LogP contribution < -0.4 is 27.0 Å². The van der Waals surface area contributed by atoms with E-state index in [2.05, 4.69) is 22.3 Å². The Labute approximate surface area is 202 Å². The summed E-state index contributed by atoms with van der Waals surface area (Å²) in [6.07, 6.45) is 1.58. The fourth-order valence-corrected chi connectivity index (χ4v) is 3.49. The minimum atomic E-state index is -0.312. The number of halogens is 2. The van der Waals surface area contributed by atoms with Gasteiger partial charge in [-0.3, -0.25) is 4.79 Å². The Balaban J connectivity index is 0.00000306. The molecular formula is C24H26BrFN4O3. The number of ether oxygens (including phenoxy) is 2. The van der Waals surface area contributed by atoms with Crippen molar-refractivity contribution < 1.29 is 40.1 Å². The van der Waals surface area contributed by atoms with E-state index in [-0.39, 0.29) is 34.5 Å². The van der Waals surface area contributed by atoms with Crippen LogP contribution in [0.15, 0.2) is 60.8 Å². The van der Waals surface area contributed by atoms with Gasteiger partial charge in [-0.2, -0.15) is 0 Å². The number of rotatable bonds is 7. The Hall–Kier alpha value is -2.88. The second-order valence-corrected chi connectivity index (χ2v) is 8.00. The molecule has 1 aliphatic rings. The summed E-state index contributed by atoms with van der Waals surface area (Å²) in [6, 6.07) is 14.9. The third kappa shape index (κ3) is 6.80. The Kier molecular flexibility index (Phi) is 8.49. The van der Waals surface area contributed by atoms with Gasteiger partial charge in [-0.05, 0) is 54.6 Å². The minimum absolute atomic E-state index is 0. The normalized spacial score (nSPS) is 14.7. The zero-order chi connectivity index (χ0) is 22.4. The molecule has 2 aromatic carbocycles. The van der Waals surface area contributed by atoms with Crippen LogP contribution >= 0.6 is 0 Å². The average molecular weight is 517 g/mol. The van der Waals surface area contributed by atoms with Crippen LogP contribution in [0.25, 0.3) is 11.3 Å². The number of carbonyl (C=O) groups is 1. The Morgan fingerprint density at radius 1 is 1.06 bits per heavy atom. The first-order chi connectivity index (χ1) is 15.5. The largest absolute Gasteiger partial charge is 1.00 e. The molecule has 0 aliphatic carbocycles. The minimum Gasteiger partial charge on any atom is -1.00 e. The first-order valence-electron chi connectivity index (χ1n) is 10.6. The molecule has 0 saturated carbocycles. The van der Waals surface area contributed by atoms with Crippen LogP contribution in [0.2, 0.25) is 0 Å². The zero-order valence-corrected chi connectivity index (χ0v) is 19.9. The van der Waals surface area contributed by atoms with Gasteiger partial charge in [0.05, 0.1) is 39.0 Å². The molecule has 2 heterocycles. The third-order valence-electron chi connectivity index (χ3n) is 5.55. The lowest BCUT2D eigenvalue weighted by molar-refractivity contribution is -0.915. The summed E-state index contributed by atoms with van der Waals surface area (Å²) >= 11 is 0. The van der Waals surface area contributed by atoms with Gasteiger partial charge < -0.3 is 36.3 Å². The van der Waals surface area contributed by atoms with Gasteiger partial charge >= 0.3 is 0 Å². The van der Waals surface area contributed by atoms with Crippen molar-refractivity contribution in [1.29, 1.82) is 0 Å². The lowest BCUT2D eigenvalue weighted by atomic mass is 10.1. The summed E-state index contributed by atoms with van der Waals surface area (Å²) in [5.41, 5.74) is 1.48. The van der Waals surface area contributed by atoms with Crippen molar-refractivity contribution in [3.05, 3.63) is 72.4 Å². The molecule has 9 heteroatoms. The number of hydrogen-bond donors (Lipinski definition) is 1. The summed E-state index contributed by atoms with van der Waals surface area (Å²) in [4.78, 5) is 21.1. The van der Waals surface area contributed by atoms with Crippen LogP contribution in [-0.4, -0.2) is 66.8 Å². The van der Waals surface area contributed by atoms with Gasteiger partial charge in [-0.1, -0.05) is 0 Å². The SMILES string of the molecule is C[N+]1(CCNC(=O)c2nccc(-c3ccc(Oc4ccc(F)cc4)cc3)n2)CCOCC1.[Br-]. The summed E-state index contributed by atoms with van der Waals surface area (Å²) in [5, 5.41) is 2.92. The van der Waals surface area contributed by atoms with E-state index in [9.17, 15) is 9.18 Å². The number of benzene rings is 2. The van der Waals surface area contributed by atoms with E-state index in [0.29, 0.717) is 23.7 Å². The molecule has 7 nitrogen and oxygen atoms in total. The average Bonchev–Trinajstić information content (AvgIpc) is 2.81. The van der Waals surface area contributed by atoms with Gasteiger partial charge in [0, 0.05) is 11.8 Å². The molecule has 0 radical (unpaired) electrons. The standard InChI is InChI=1S/C24H25FN4O3.BrH/c1-29(14-16-31-17-15-29)13-12-27-24(30)23-26-11-10-22(28-23)18-2-6-20(7-3-18)32-21-8-4-19(25)5-9-21;/h2-11H,12-17H2,1H3;1H. The summed E-state index contributed by atoms with van der Waals surface area (Å²) < 4.78 is 25.0. The van der Waals surface area contributed by atoms with Crippen molar-refractivity contribution in [3.8, 4) is 22.8 Å². The number of morpholine rings is 1. The highest BCUT2D eigenvalue weighted by molar-refractivity contribution is 5.90. The molecule has 33 heavy (non-hydrogen) atoms. The van der Waals surface area contributed by atoms with Gasteiger partial charge in [0.15, 0.2) is 0 Å². The van der Waals surface area contributed by atoms with Crippen LogP contribution in [0.3, 0.4) is 0 Å². The van der Waals surface area contributed by atoms with Crippen LogP contribution in [0.4, 0.5) is 4.39 Å². The van der Waals surface area contributed by atoms with E-state index in [0.717, 1.165) is 42.9 Å². The fourth-order valence-electron chi connectivity index (χ4n) is 3.49. The number of aromatic nitrogens is 2. The maximum absolute atomic E-state index is 13.0. The van der Waals surface area contributed by atoms with Crippen LogP contribution in [0, 0.1) is 5.82 Å². The first-order valence-corrected chi connectivity index (χ1v) is 10.6. The smallest absolute Gasteiger partial charge is 0.289 e. The zero-order valence-electron chi connectivity index (χ0n) is 18.3. The van der Waals surface area contributed by atoms with Gasteiger partial charge in [0.2, 0.25) is 5.82 Å². The lowest BCUT2D eigenvalue weighted by Crippen LogP contribution is -3.00. The summed E-state index contributed by atoms with van der Waals surface area (Å²) in [6.45, 7) is 4.79. The Bertz CT molecular complexity index is 1060.